The van der Waals surface area contributed by atoms with Crippen LogP contribution in [-0.2, 0) is 11.3 Å². The number of benzene rings is 1. The number of carbonyl (C=O) groups is 2. The van der Waals surface area contributed by atoms with Crippen molar-refractivity contribution in [3.05, 3.63) is 51.2 Å². The van der Waals surface area contributed by atoms with Crippen LogP contribution in [0.25, 0.3) is 0 Å². The molecule has 0 unspecified atom stereocenters. The number of hydrogen-bond donors (Lipinski definition) is 2. The topological polar surface area (TPSA) is 61.4 Å². The maximum Gasteiger partial charge on any atom is 0.253 e. The van der Waals surface area contributed by atoms with Crippen molar-refractivity contribution < 1.29 is 9.59 Å². The van der Waals surface area contributed by atoms with Crippen LogP contribution >= 0.6 is 22.9 Å². The summed E-state index contributed by atoms with van der Waals surface area (Å²) in [6.07, 6.45) is 2.41. The zero-order chi connectivity index (χ0) is 18.5. The molecule has 1 aromatic carbocycles. The summed E-state index contributed by atoms with van der Waals surface area (Å²) in [6, 6.07) is 11.3. The lowest BCUT2D eigenvalue weighted by atomic mass is 10.1. The minimum atomic E-state index is -0.130. The van der Waals surface area contributed by atoms with Gasteiger partial charge in [-0.05, 0) is 44.2 Å². The number of halogens is 1. The van der Waals surface area contributed by atoms with Gasteiger partial charge in [-0.1, -0.05) is 23.7 Å². The Morgan fingerprint density at radius 3 is 2.69 bits per heavy atom. The minimum absolute atomic E-state index is 0.104. The smallest absolute Gasteiger partial charge is 0.253 e. The first-order valence-electron chi connectivity index (χ1n) is 8.64. The monoisotopic (exact) mass is 391 g/mol. The Morgan fingerprint density at radius 2 is 2.00 bits per heavy atom. The fourth-order valence-corrected chi connectivity index (χ4v) is 3.74. The van der Waals surface area contributed by atoms with E-state index in [1.807, 2.05) is 25.2 Å². The standard InChI is InChI=1S/C19H22ClN3O2S/c1-23(12-14-8-9-17(20)26-14)11-10-18(24)22-16-5-3-2-4-15(16)19(25)21-13-6-7-13/h2-5,8-9,13H,6-7,10-12H2,1H3,(H,21,25)(H,22,24). The minimum Gasteiger partial charge on any atom is -0.349 e. The van der Waals surface area contributed by atoms with Crippen molar-refractivity contribution in [2.24, 2.45) is 0 Å². The molecular weight excluding hydrogens is 370 g/mol. The molecule has 2 aromatic rings. The third-order valence-electron chi connectivity index (χ3n) is 4.13. The molecule has 5 nitrogen and oxygen atoms in total. The number of para-hydroxylation sites is 1. The van der Waals surface area contributed by atoms with Gasteiger partial charge in [0.05, 0.1) is 15.6 Å². The van der Waals surface area contributed by atoms with Gasteiger partial charge in [-0.2, -0.15) is 0 Å². The van der Waals surface area contributed by atoms with Crippen molar-refractivity contribution in [1.82, 2.24) is 10.2 Å². The van der Waals surface area contributed by atoms with Gasteiger partial charge in [-0.25, -0.2) is 0 Å². The molecule has 0 spiro atoms. The Bertz CT molecular complexity index is 789. The summed E-state index contributed by atoms with van der Waals surface area (Å²) >= 11 is 7.49. The zero-order valence-corrected chi connectivity index (χ0v) is 16.2. The third-order valence-corrected chi connectivity index (χ3v) is 5.35. The van der Waals surface area contributed by atoms with Gasteiger partial charge >= 0.3 is 0 Å². The first kappa shape index (κ1) is 18.9. The molecule has 7 heteroatoms. The summed E-state index contributed by atoms with van der Waals surface area (Å²) in [5.74, 6) is -0.233. The Hall–Kier alpha value is -1.89. The Morgan fingerprint density at radius 1 is 1.23 bits per heavy atom. The zero-order valence-electron chi connectivity index (χ0n) is 14.6. The third kappa shape index (κ3) is 5.56. The maximum absolute atomic E-state index is 12.3. The predicted octanol–water partition coefficient (Wildman–Crippen LogP) is 3.75. The average molecular weight is 392 g/mol. The van der Waals surface area contributed by atoms with E-state index in [0.717, 1.165) is 23.7 Å². The molecule has 1 heterocycles. The highest BCUT2D eigenvalue weighted by molar-refractivity contribution is 7.16. The normalized spacial score (nSPS) is 13.7. The summed E-state index contributed by atoms with van der Waals surface area (Å²) in [4.78, 5) is 27.8. The van der Waals surface area contributed by atoms with Crippen LogP contribution in [0.5, 0.6) is 0 Å². The molecule has 0 radical (unpaired) electrons. The number of anilines is 1. The molecule has 26 heavy (non-hydrogen) atoms. The van der Waals surface area contributed by atoms with Crippen LogP contribution in [0.1, 0.15) is 34.5 Å². The van der Waals surface area contributed by atoms with E-state index in [-0.39, 0.29) is 17.9 Å². The Balaban J connectivity index is 1.50. The van der Waals surface area contributed by atoms with E-state index in [1.165, 1.54) is 4.88 Å². The van der Waals surface area contributed by atoms with Crippen molar-refractivity contribution in [2.45, 2.75) is 31.8 Å². The van der Waals surface area contributed by atoms with Gasteiger partial charge in [0.2, 0.25) is 5.91 Å². The van der Waals surface area contributed by atoms with Gasteiger partial charge in [0.15, 0.2) is 0 Å². The summed E-state index contributed by atoms with van der Waals surface area (Å²) in [7, 11) is 1.97. The molecule has 1 aromatic heterocycles. The van der Waals surface area contributed by atoms with Crippen molar-refractivity contribution in [3.8, 4) is 0 Å². The molecule has 1 fully saturated rings. The molecule has 0 bridgehead atoms. The number of hydrogen-bond acceptors (Lipinski definition) is 4. The molecule has 1 aliphatic carbocycles. The van der Waals surface area contributed by atoms with E-state index in [4.69, 9.17) is 11.6 Å². The molecule has 0 saturated heterocycles. The summed E-state index contributed by atoms with van der Waals surface area (Å²) in [6.45, 7) is 1.38. The number of nitrogens with one attached hydrogen (secondary N) is 2. The van der Waals surface area contributed by atoms with Crippen LogP contribution in [-0.4, -0.2) is 36.3 Å². The van der Waals surface area contributed by atoms with E-state index in [1.54, 1.807) is 29.5 Å². The van der Waals surface area contributed by atoms with Crippen LogP contribution in [0.3, 0.4) is 0 Å². The van der Waals surface area contributed by atoms with Crippen LogP contribution < -0.4 is 10.6 Å². The second-order valence-electron chi connectivity index (χ2n) is 6.54. The Labute approximate surface area is 162 Å². The van der Waals surface area contributed by atoms with Crippen molar-refractivity contribution in [2.75, 3.05) is 18.9 Å². The van der Waals surface area contributed by atoms with Gasteiger partial charge in [-0.15, -0.1) is 11.3 Å². The van der Waals surface area contributed by atoms with Gasteiger partial charge in [0.1, 0.15) is 0 Å². The highest BCUT2D eigenvalue weighted by Crippen LogP contribution is 2.23. The van der Waals surface area contributed by atoms with Gasteiger partial charge in [0.25, 0.3) is 5.91 Å². The molecule has 3 rings (SSSR count). The molecule has 2 amide bonds. The summed E-state index contributed by atoms with van der Waals surface area (Å²) in [5, 5.41) is 5.82. The lowest BCUT2D eigenvalue weighted by molar-refractivity contribution is -0.116. The average Bonchev–Trinajstić information content (AvgIpc) is 3.33. The molecular formula is C19H22ClN3O2S. The lowest BCUT2D eigenvalue weighted by Gasteiger charge is -2.16. The largest absolute Gasteiger partial charge is 0.349 e. The second kappa shape index (κ2) is 8.66. The van der Waals surface area contributed by atoms with Gasteiger partial charge < -0.3 is 15.5 Å². The van der Waals surface area contributed by atoms with E-state index < -0.39 is 0 Å². The van der Waals surface area contributed by atoms with E-state index in [0.29, 0.717) is 24.2 Å². The fourth-order valence-electron chi connectivity index (χ4n) is 2.57. The molecule has 138 valence electrons. The number of rotatable bonds is 8. The first-order valence-corrected chi connectivity index (χ1v) is 9.83. The summed E-state index contributed by atoms with van der Waals surface area (Å²) < 4.78 is 0.771. The highest BCUT2D eigenvalue weighted by atomic mass is 35.5. The summed E-state index contributed by atoms with van der Waals surface area (Å²) in [5.41, 5.74) is 1.07. The second-order valence-corrected chi connectivity index (χ2v) is 8.33. The molecule has 0 aliphatic heterocycles. The quantitative estimate of drug-likeness (QED) is 0.720. The fraction of sp³-hybridized carbons (Fsp3) is 0.368. The van der Waals surface area contributed by atoms with Gasteiger partial charge in [0, 0.05) is 30.4 Å². The van der Waals surface area contributed by atoms with Crippen molar-refractivity contribution in [3.63, 3.8) is 0 Å². The van der Waals surface area contributed by atoms with Crippen LogP contribution in [0, 0.1) is 0 Å². The van der Waals surface area contributed by atoms with Crippen LogP contribution in [0.15, 0.2) is 36.4 Å². The number of thiophene rings is 1. The SMILES string of the molecule is CN(CCC(=O)Nc1ccccc1C(=O)NC1CC1)Cc1ccc(Cl)s1. The molecule has 0 atom stereocenters. The van der Waals surface area contributed by atoms with E-state index >= 15 is 0 Å². The van der Waals surface area contributed by atoms with Gasteiger partial charge in [-0.3, -0.25) is 9.59 Å². The highest BCUT2D eigenvalue weighted by Gasteiger charge is 2.25. The Kier molecular flexibility index (Phi) is 6.29. The van der Waals surface area contributed by atoms with E-state index in [2.05, 4.69) is 15.5 Å². The van der Waals surface area contributed by atoms with Crippen LogP contribution in [0.4, 0.5) is 5.69 Å². The van der Waals surface area contributed by atoms with Crippen molar-refractivity contribution >= 4 is 40.4 Å². The lowest BCUT2D eigenvalue weighted by Crippen LogP contribution is -2.28. The number of nitrogens with zero attached hydrogens (tertiary/aromatic N) is 1. The van der Waals surface area contributed by atoms with Crippen LogP contribution in [0.2, 0.25) is 4.34 Å². The number of amides is 2. The maximum atomic E-state index is 12.3. The number of carbonyl (C=O) groups excluding carboxylic acids is 2. The molecule has 1 aliphatic rings. The first-order chi connectivity index (χ1) is 12.5. The van der Waals surface area contributed by atoms with E-state index in [9.17, 15) is 9.59 Å². The molecule has 2 N–H and O–H groups in total. The van der Waals surface area contributed by atoms with Crippen molar-refractivity contribution in [1.29, 1.82) is 0 Å². The molecule has 1 saturated carbocycles. The predicted molar refractivity (Wildman–Crippen MR) is 106 cm³/mol.